The van der Waals surface area contributed by atoms with E-state index in [0.29, 0.717) is 10.9 Å². The van der Waals surface area contributed by atoms with Crippen LogP contribution in [0.4, 0.5) is 0 Å². The second kappa shape index (κ2) is 6.26. The fourth-order valence-corrected chi connectivity index (χ4v) is 1.75. The second-order valence-corrected chi connectivity index (χ2v) is 3.75. The van der Waals surface area contributed by atoms with Gasteiger partial charge in [-0.05, 0) is 24.6 Å². The summed E-state index contributed by atoms with van der Waals surface area (Å²) in [6, 6.07) is 5.34. The largest absolute Gasteiger partial charge is 0.494 e. The molecule has 4 nitrogen and oxygen atoms in total. The number of methoxy groups -OCH3 is 1. The molecular formula is C12H12BrNO3. The lowest BCUT2D eigenvalue weighted by molar-refractivity contribution is 0.0522. The van der Waals surface area contributed by atoms with Crippen molar-refractivity contribution in [2.75, 3.05) is 13.7 Å². The first-order chi connectivity index (χ1) is 8.17. The van der Waals surface area contributed by atoms with Crippen molar-refractivity contribution in [3.8, 4) is 11.8 Å². The third-order valence-corrected chi connectivity index (χ3v) is 2.77. The highest BCUT2D eigenvalue weighted by atomic mass is 79.9. The van der Waals surface area contributed by atoms with Gasteiger partial charge in [-0.3, -0.25) is 0 Å². The number of rotatable bonds is 4. The van der Waals surface area contributed by atoms with Gasteiger partial charge in [-0.25, -0.2) is 4.79 Å². The molecule has 0 aliphatic rings. The monoisotopic (exact) mass is 297 g/mol. The number of benzene rings is 1. The smallest absolute Gasteiger partial charge is 0.341 e. The summed E-state index contributed by atoms with van der Waals surface area (Å²) in [6.07, 6.45) is 0. The van der Waals surface area contributed by atoms with Crippen LogP contribution >= 0.6 is 15.9 Å². The fourth-order valence-electron chi connectivity index (χ4n) is 1.43. The molecule has 0 saturated heterocycles. The van der Waals surface area contributed by atoms with Gasteiger partial charge in [-0.2, -0.15) is 5.26 Å². The number of carbonyl (C=O) groups excluding carboxylic acids is 1. The number of ether oxygens (including phenoxy) is 2. The summed E-state index contributed by atoms with van der Waals surface area (Å²) in [5, 5.41) is 9.56. The molecule has 0 saturated carbocycles. The highest BCUT2D eigenvalue weighted by Crippen LogP contribution is 2.27. The summed E-state index contributed by atoms with van der Waals surface area (Å²) in [6.45, 7) is 2.01. The Morgan fingerprint density at radius 3 is 2.71 bits per heavy atom. The Bertz CT molecular complexity index is 466. The van der Waals surface area contributed by atoms with Crippen LogP contribution < -0.4 is 4.74 Å². The molecule has 0 bridgehead atoms. The Morgan fingerprint density at radius 1 is 1.53 bits per heavy atom. The number of nitrogens with zero attached hydrogens (tertiary/aromatic N) is 1. The lowest BCUT2D eigenvalue weighted by Crippen LogP contribution is -2.08. The normalized spacial score (nSPS) is 9.53. The molecule has 0 spiro atoms. The van der Waals surface area contributed by atoms with E-state index in [2.05, 4.69) is 15.9 Å². The summed E-state index contributed by atoms with van der Waals surface area (Å²) in [4.78, 5) is 11.7. The van der Waals surface area contributed by atoms with Gasteiger partial charge in [-0.15, -0.1) is 0 Å². The van der Waals surface area contributed by atoms with Crippen LogP contribution in [-0.2, 0) is 10.1 Å². The summed E-state index contributed by atoms with van der Waals surface area (Å²) < 4.78 is 10.0. The van der Waals surface area contributed by atoms with Crippen LogP contribution in [0.2, 0.25) is 0 Å². The number of hydrogen-bond acceptors (Lipinski definition) is 4. The second-order valence-electron chi connectivity index (χ2n) is 3.19. The van der Waals surface area contributed by atoms with Crippen LogP contribution in [0.25, 0.3) is 0 Å². The highest BCUT2D eigenvalue weighted by Gasteiger charge is 2.18. The molecular weight excluding hydrogens is 286 g/mol. The topological polar surface area (TPSA) is 59.3 Å². The third kappa shape index (κ3) is 2.98. The SMILES string of the molecule is CCOC(=O)c1cc(CBr)cc(C#N)c1OC. The lowest BCUT2D eigenvalue weighted by Gasteiger charge is -2.10. The molecule has 0 heterocycles. The quantitative estimate of drug-likeness (QED) is 0.633. The van der Waals surface area contributed by atoms with Crippen LogP contribution in [0.3, 0.4) is 0 Å². The van der Waals surface area contributed by atoms with Gasteiger partial charge >= 0.3 is 5.97 Å². The maximum Gasteiger partial charge on any atom is 0.341 e. The molecule has 0 aliphatic heterocycles. The molecule has 0 unspecified atom stereocenters. The van der Waals surface area contributed by atoms with Crippen molar-refractivity contribution in [1.29, 1.82) is 5.26 Å². The van der Waals surface area contributed by atoms with Crippen LogP contribution in [0.15, 0.2) is 12.1 Å². The Hall–Kier alpha value is -1.54. The average Bonchev–Trinajstić information content (AvgIpc) is 2.37. The standard InChI is InChI=1S/C12H12BrNO3/c1-3-17-12(15)10-5-8(6-13)4-9(7-14)11(10)16-2/h4-5H,3,6H2,1-2H3. The number of carbonyl (C=O) groups is 1. The molecule has 0 radical (unpaired) electrons. The van der Waals surface area contributed by atoms with Gasteiger partial charge in [-0.1, -0.05) is 15.9 Å². The number of esters is 1. The van der Waals surface area contributed by atoms with Crippen molar-refractivity contribution >= 4 is 21.9 Å². The Kier molecular flexibility index (Phi) is 4.98. The van der Waals surface area contributed by atoms with E-state index in [1.807, 2.05) is 6.07 Å². The van der Waals surface area contributed by atoms with Crippen LogP contribution in [0.5, 0.6) is 5.75 Å². The van der Waals surface area contributed by atoms with Gasteiger partial charge < -0.3 is 9.47 Å². The molecule has 1 aromatic carbocycles. The van der Waals surface area contributed by atoms with Crippen molar-refractivity contribution in [3.05, 3.63) is 28.8 Å². The molecule has 0 amide bonds. The molecule has 0 aliphatic carbocycles. The number of nitriles is 1. The highest BCUT2D eigenvalue weighted by molar-refractivity contribution is 9.08. The predicted molar refractivity (Wildman–Crippen MR) is 66.3 cm³/mol. The molecule has 0 atom stereocenters. The summed E-state index contributed by atoms with van der Waals surface area (Å²) >= 11 is 3.29. The van der Waals surface area contributed by atoms with E-state index >= 15 is 0 Å². The van der Waals surface area contributed by atoms with Crippen molar-refractivity contribution < 1.29 is 14.3 Å². The fraction of sp³-hybridized carbons (Fsp3) is 0.333. The van der Waals surface area contributed by atoms with Gasteiger partial charge in [0.2, 0.25) is 0 Å². The Morgan fingerprint density at radius 2 is 2.24 bits per heavy atom. The van der Waals surface area contributed by atoms with E-state index in [-0.39, 0.29) is 17.9 Å². The lowest BCUT2D eigenvalue weighted by atomic mass is 10.1. The van der Waals surface area contributed by atoms with E-state index in [1.54, 1.807) is 19.1 Å². The van der Waals surface area contributed by atoms with E-state index in [9.17, 15) is 4.79 Å². The Balaban J connectivity index is 3.35. The van der Waals surface area contributed by atoms with Gasteiger partial charge in [0.25, 0.3) is 0 Å². The summed E-state index contributed by atoms with van der Waals surface area (Å²) in [5.74, 6) is -0.223. The van der Waals surface area contributed by atoms with E-state index in [0.717, 1.165) is 5.56 Å². The molecule has 1 aromatic rings. The number of hydrogen-bond donors (Lipinski definition) is 0. The summed E-state index contributed by atoms with van der Waals surface area (Å²) in [5.41, 5.74) is 1.43. The zero-order chi connectivity index (χ0) is 12.8. The van der Waals surface area contributed by atoms with Crippen molar-refractivity contribution in [2.24, 2.45) is 0 Å². The van der Waals surface area contributed by atoms with Crippen molar-refractivity contribution in [1.82, 2.24) is 0 Å². The molecule has 0 aromatic heterocycles. The maximum atomic E-state index is 11.7. The third-order valence-electron chi connectivity index (χ3n) is 2.12. The first-order valence-electron chi connectivity index (χ1n) is 5.02. The molecule has 0 fully saturated rings. The zero-order valence-corrected chi connectivity index (χ0v) is 11.2. The number of halogens is 1. The van der Waals surface area contributed by atoms with E-state index < -0.39 is 5.97 Å². The minimum Gasteiger partial charge on any atom is -0.494 e. The van der Waals surface area contributed by atoms with E-state index in [1.165, 1.54) is 7.11 Å². The maximum absolute atomic E-state index is 11.7. The first kappa shape index (κ1) is 13.5. The van der Waals surface area contributed by atoms with Gasteiger partial charge in [0, 0.05) is 5.33 Å². The van der Waals surface area contributed by atoms with Gasteiger partial charge in [0.15, 0.2) is 5.75 Å². The van der Waals surface area contributed by atoms with Crippen molar-refractivity contribution in [3.63, 3.8) is 0 Å². The molecule has 17 heavy (non-hydrogen) atoms. The zero-order valence-electron chi connectivity index (χ0n) is 9.62. The first-order valence-corrected chi connectivity index (χ1v) is 6.14. The van der Waals surface area contributed by atoms with Crippen LogP contribution in [-0.4, -0.2) is 19.7 Å². The number of alkyl halides is 1. The van der Waals surface area contributed by atoms with Crippen LogP contribution in [0.1, 0.15) is 28.4 Å². The van der Waals surface area contributed by atoms with Crippen LogP contribution in [0, 0.1) is 11.3 Å². The average molecular weight is 298 g/mol. The van der Waals surface area contributed by atoms with Crippen molar-refractivity contribution in [2.45, 2.75) is 12.3 Å². The molecule has 1 rings (SSSR count). The molecule has 90 valence electrons. The minimum absolute atomic E-state index is 0.260. The van der Waals surface area contributed by atoms with Gasteiger partial charge in [0.05, 0.1) is 19.3 Å². The molecule has 0 N–H and O–H groups in total. The minimum atomic E-state index is -0.483. The van der Waals surface area contributed by atoms with E-state index in [4.69, 9.17) is 14.7 Å². The molecule has 5 heteroatoms. The predicted octanol–water partition coefficient (Wildman–Crippen LogP) is 2.64. The summed E-state index contributed by atoms with van der Waals surface area (Å²) in [7, 11) is 1.42. The Labute approximate surface area is 108 Å². The van der Waals surface area contributed by atoms with Gasteiger partial charge in [0.1, 0.15) is 11.6 Å².